The zero-order chi connectivity index (χ0) is 22.1. The fourth-order valence-electron chi connectivity index (χ4n) is 4.93. The molecule has 2 aliphatic rings. The number of benzene rings is 1. The molecule has 0 unspecified atom stereocenters. The number of hydrogen-bond donors (Lipinski definition) is 0. The van der Waals surface area contributed by atoms with Crippen molar-refractivity contribution >= 4 is 22.8 Å². The van der Waals surface area contributed by atoms with Crippen LogP contribution in [0.3, 0.4) is 0 Å². The zero-order valence-corrected chi connectivity index (χ0v) is 18.3. The van der Waals surface area contributed by atoms with Gasteiger partial charge in [-0.3, -0.25) is 9.59 Å². The first kappa shape index (κ1) is 21.4. The number of carbonyl (C=O) groups is 2. The largest absolute Gasteiger partial charge is 0.497 e. The van der Waals surface area contributed by atoms with Crippen molar-refractivity contribution in [3.63, 3.8) is 0 Å². The van der Waals surface area contributed by atoms with Gasteiger partial charge in [-0.15, -0.1) is 0 Å². The van der Waals surface area contributed by atoms with E-state index in [2.05, 4.69) is 13.8 Å². The molecule has 2 fully saturated rings. The predicted octanol–water partition coefficient (Wildman–Crippen LogP) is 3.52. The van der Waals surface area contributed by atoms with E-state index in [1.165, 1.54) is 19.6 Å². The van der Waals surface area contributed by atoms with E-state index in [9.17, 15) is 14.4 Å². The van der Waals surface area contributed by atoms with E-state index in [4.69, 9.17) is 13.9 Å². The number of rotatable bonds is 5. The average molecular weight is 427 g/mol. The zero-order valence-electron chi connectivity index (χ0n) is 18.3. The molecule has 2 heterocycles. The summed E-state index contributed by atoms with van der Waals surface area (Å²) in [5.41, 5.74) is 0.424. The van der Waals surface area contributed by atoms with Crippen LogP contribution in [0.5, 0.6) is 5.75 Å². The lowest BCUT2D eigenvalue weighted by Crippen LogP contribution is -2.45. The van der Waals surface area contributed by atoms with Crippen molar-refractivity contribution in [2.24, 2.45) is 17.8 Å². The molecule has 4 rings (SSSR count). The SMILES string of the molecule is COc1ccc2c(COC(=O)[C@@H]3CC(=O)N([C@H]4CCC[C@@H](C)[C@H]4C)C3)cc(=O)oc2c1. The minimum Gasteiger partial charge on any atom is -0.497 e. The maximum Gasteiger partial charge on any atom is 0.336 e. The lowest BCUT2D eigenvalue weighted by molar-refractivity contribution is -0.149. The highest BCUT2D eigenvalue weighted by molar-refractivity contribution is 5.87. The highest BCUT2D eigenvalue weighted by atomic mass is 16.5. The topological polar surface area (TPSA) is 86.0 Å². The third-order valence-electron chi connectivity index (χ3n) is 6.96. The van der Waals surface area contributed by atoms with Gasteiger partial charge >= 0.3 is 11.6 Å². The van der Waals surface area contributed by atoms with Crippen molar-refractivity contribution < 1.29 is 23.5 Å². The number of fused-ring (bicyclic) bond motifs is 1. The molecule has 0 N–H and O–H groups in total. The number of methoxy groups -OCH3 is 1. The van der Waals surface area contributed by atoms with Crippen LogP contribution in [-0.4, -0.2) is 36.5 Å². The molecule has 0 bridgehead atoms. The molecular weight excluding hydrogens is 398 g/mol. The third-order valence-corrected chi connectivity index (χ3v) is 6.96. The molecular formula is C24H29NO6. The van der Waals surface area contributed by atoms with Crippen LogP contribution in [0.2, 0.25) is 0 Å². The summed E-state index contributed by atoms with van der Waals surface area (Å²) in [7, 11) is 1.53. The number of amides is 1. The maximum absolute atomic E-state index is 12.7. The minimum atomic E-state index is -0.519. The Morgan fingerprint density at radius 2 is 2.00 bits per heavy atom. The molecule has 31 heavy (non-hydrogen) atoms. The number of carbonyl (C=O) groups excluding carboxylic acids is 2. The third kappa shape index (κ3) is 4.31. The van der Waals surface area contributed by atoms with Crippen LogP contribution >= 0.6 is 0 Å². The van der Waals surface area contributed by atoms with Crippen molar-refractivity contribution in [3.8, 4) is 5.75 Å². The van der Waals surface area contributed by atoms with E-state index in [-0.39, 0.29) is 25.0 Å². The summed E-state index contributed by atoms with van der Waals surface area (Å²) < 4.78 is 15.9. The van der Waals surface area contributed by atoms with Crippen LogP contribution in [0.25, 0.3) is 11.0 Å². The molecule has 1 amide bonds. The van der Waals surface area contributed by atoms with Crippen LogP contribution in [0, 0.1) is 17.8 Å². The van der Waals surface area contributed by atoms with Crippen molar-refractivity contribution in [1.82, 2.24) is 4.90 Å². The molecule has 7 nitrogen and oxygen atoms in total. The average Bonchev–Trinajstić information content (AvgIpc) is 3.14. The van der Waals surface area contributed by atoms with Crippen LogP contribution in [0.4, 0.5) is 0 Å². The Balaban J connectivity index is 1.44. The van der Waals surface area contributed by atoms with E-state index in [0.717, 1.165) is 12.8 Å². The quantitative estimate of drug-likeness (QED) is 0.536. The Morgan fingerprint density at radius 3 is 2.77 bits per heavy atom. The van der Waals surface area contributed by atoms with Crippen LogP contribution in [0.15, 0.2) is 33.5 Å². The molecule has 1 aliphatic heterocycles. The number of hydrogen-bond acceptors (Lipinski definition) is 6. The van der Waals surface area contributed by atoms with Gasteiger partial charge in [0.05, 0.1) is 13.0 Å². The minimum absolute atomic E-state index is 0.0331. The van der Waals surface area contributed by atoms with Gasteiger partial charge in [0.15, 0.2) is 0 Å². The fraction of sp³-hybridized carbons (Fsp3) is 0.542. The highest BCUT2D eigenvalue weighted by Gasteiger charge is 2.42. The molecule has 1 aromatic heterocycles. The van der Waals surface area contributed by atoms with Crippen LogP contribution in [0.1, 0.15) is 45.1 Å². The Kier molecular flexibility index (Phi) is 6.03. The van der Waals surface area contributed by atoms with Gasteiger partial charge in [0.1, 0.15) is 17.9 Å². The van der Waals surface area contributed by atoms with Gasteiger partial charge in [-0.1, -0.05) is 26.7 Å². The molecule has 1 aliphatic carbocycles. The standard InChI is InChI=1S/C24H29NO6/c1-14-5-4-6-20(15(14)2)25-12-16(9-22(25)26)24(28)30-13-17-10-23(27)31-21-11-18(29-3)7-8-19(17)21/h7-8,10-11,14-16,20H,4-6,9,12-13H2,1-3H3/t14-,15-,16-,20+/m1/s1. The van der Waals surface area contributed by atoms with Gasteiger partial charge in [-0.05, 0) is 30.4 Å². The number of ether oxygens (including phenoxy) is 2. The smallest absolute Gasteiger partial charge is 0.336 e. The molecule has 2 aromatic rings. The number of likely N-dealkylation sites (tertiary alicyclic amines) is 1. The number of esters is 1. The fourth-order valence-corrected chi connectivity index (χ4v) is 4.93. The first-order chi connectivity index (χ1) is 14.9. The molecule has 166 valence electrons. The van der Waals surface area contributed by atoms with Gasteiger partial charge in [-0.2, -0.15) is 0 Å². The lowest BCUT2D eigenvalue weighted by Gasteiger charge is -2.39. The summed E-state index contributed by atoms with van der Waals surface area (Å²) in [6.07, 6.45) is 3.49. The first-order valence-corrected chi connectivity index (χ1v) is 10.9. The van der Waals surface area contributed by atoms with Crippen LogP contribution < -0.4 is 10.4 Å². The predicted molar refractivity (Wildman–Crippen MR) is 115 cm³/mol. The van der Waals surface area contributed by atoms with Gasteiger partial charge in [0.25, 0.3) is 0 Å². The molecule has 0 radical (unpaired) electrons. The second kappa shape index (κ2) is 8.73. The summed E-state index contributed by atoms with van der Waals surface area (Å²) in [5, 5.41) is 0.683. The second-order valence-electron chi connectivity index (χ2n) is 8.84. The molecule has 4 atom stereocenters. The Labute approximate surface area is 181 Å². The first-order valence-electron chi connectivity index (χ1n) is 10.9. The Morgan fingerprint density at radius 1 is 1.19 bits per heavy atom. The molecule has 1 saturated carbocycles. The summed E-state index contributed by atoms with van der Waals surface area (Å²) in [6.45, 7) is 4.80. The summed E-state index contributed by atoms with van der Waals surface area (Å²) in [5.74, 6) is 0.741. The molecule has 7 heteroatoms. The van der Waals surface area contributed by atoms with Gasteiger partial charge < -0.3 is 18.8 Å². The maximum atomic E-state index is 12.7. The normalized spacial score (nSPS) is 26.3. The van der Waals surface area contributed by atoms with E-state index in [1.807, 2.05) is 4.90 Å². The number of nitrogens with zero attached hydrogens (tertiary/aromatic N) is 1. The van der Waals surface area contributed by atoms with Crippen molar-refractivity contribution in [2.45, 2.75) is 52.2 Å². The molecule has 1 saturated heterocycles. The lowest BCUT2D eigenvalue weighted by atomic mass is 9.77. The molecule has 0 spiro atoms. The Hall–Kier alpha value is -2.83. The van der Waals surface area contributed by atoms with E-state index >= 15 is 0 Å². The van der Waals surface area contributed by atoms with Crippen molar-refractivity contribution in [2.75, 3.05) is 13.7 Å². The van der Waals surface area contributed by atoms with Gasteiger partial charge in [0, 0.05) is 42.1 Å². The van der Waals surface area contributed by atoms with Gasteiger partial charge in [0.2, 0.25) is 5.91 Å². The summed E-state index contributed by atoms with van der Waals surface area (Å²) in [6, 6.07) is 6.69. The summed E-state index contributed by atoms with van der Waals surface area (Å²) >= 11 is 0. The van der Waals surface area contributed by atoms with E-state index < -0.39 is 17.5 Å². The van der Waals surface area contributed by atoms with E-state index in [1.54, 1.807) is 18.2 Å². The van der Waals surface area contributed by atoms with Crippen molar-refractivity contribution in [1.29, 1.82) is 0 Å². The monoisotopic (exact) mass is 427 g/mol. The summed E-state index contributed by atoms with van der Waals surface area (Å²) in [4.78, 5) is 39.2. The Bertz CT molecular complexity index is 1040. The van der Waals surface area contributed by atoms with E-state index in [0.29, 0.717) is 40.7 Å². The molecule has 1 aromatic carbocycles. The van der Waals surface area contributed by atoms with Crippen LogP contribution in [-0.2, 0) is 20.9 Å². The highest BCUT2D eigenvalue weighted by Crippen LogP contribution is 2.36. The van der Waals surface area contributed by atoms with Gasteiger partial charge in [-0.25, -0.2) is 4.79 Å². The van der Waals surface area contributed by atoms with Crippen molar-refractivity contribution in [3.05, 3.63) is 40.2 Å². The second-order valence-corrected chi connectivity index (χ2v) is 8.84.